The second kappa shape index (κ2) is 8.70. The maximum Gasteiger partial charge on any atom is 0.242 e. The van der Waals surface area contributed by atoms with E-state index in [4.69, 9.17) is 4.74 Å². The first-order valence-electron chi connectivity index (χ1n) is 8.55. The summed E-state index contributed by atoms with van der Waals surface area (Å²) in [5.41, 5.74) is 1.71. The number of ether oxygens (including phenoxy) is 1. The third-order valence-electron chi connectivity index (χ3n) is 4.71. The van der Waals surface area contributed by atoms with Crippen molar-refractivity contribution in [2.45, 2.75) is 19.2 Å². The van der Waals surface area contributed by atoms with Gasteiger partial charge in [-0.05, 0) is 17.7 Å². The number of amides is 1. The Labute approximate surface area is 154 Å². The number of nitrogens with zero attached hydrogens (tertiary/aromatic N) is 3. The standard InChI is InChI=1S/C19H26N4O3/c1-5-18(24)23-7-6-22(12-15(23)10-20)19(25)11-21-16-8-13(2)14(3)9-17(16)26-4/h5,8-9,13,15,18,21,24H,1,3,6-7,11-12H2,2,4H3. The fourth-order valence-corrected chi connectivity index (χ4v) is 3.00. The predicted octanol–water partition coefficient (Wildman–Crippen LogP) is 0.737. The quantitative estimate of drug-likeness (QED) is 0.681. The Morgan fingerprint density at radius 1 is 1.62 bits per heavy atom. The second-order valence-electron chi connectivity index (χ2n) is 6.38. The highest BCUT2D eigenvalue weighted by Crippen LogP contribution is 2.24. The van der Waals surface area contributed by atoms with E-state index in [1.54, 1.807) is 16.9 Å². The Morgan fingerprint density at radius 2 is 2.35 bits per heavy atom. The van der Waals surface area contributed by atoms with E-state index in [0.717, 1.165) is 11.3 Å². The van der Waals surface area contributed by atoms with Crippen molar-refractivity contribution in [3.05, 3.63) is 48.4 Å². The van der Waals surface area contributed by atoms with Crippen LogP contribution >= 0.6 is 0 Å². The Morgan fingerprint density at radius 3 is 2.96 bits per heavy atom. The van der Waals surface area contributed by atoms with Crippen LogP contribution in [0.1, 0.15) is 6.92 Å². The molecule has 1 amide bonds. The number of aliphatic hydroxyl groups is 1. The van der Waals surface area contributed by atoms with Gasteiger partial charge in [-0.1, -0.05) is 26.2 Å². The molecule has 3 atom stereocenters. The molecule has 1 fully saturated rings. The van der Waals surface area contributed by atoms with Gasteiger partial charge in [0.1, 0.15) is 18.0 Å². The van der Waals surface area contributed by atoms with E-state index in [0.29, 0.717) is 18.8 Å². The van der Waals surface area contributed by atoms with Crippen molar-refractivity contribution in [3.63, 3.8) is 0 Å². The van der Waals surface area contributed by atoms with E-state index >= 15 is 0 Å². The molecule has 0 radical (unpaired) electrons. The molecule has 0 aromatic rings. The van der Waals surface area contributed by atoms with E-state index < -0.39 is 12.3 Å². The lowest BCUT2D eigenvalue weighted by Gasteiger charge is -2.39. The molecule has 0 spiro atoms. The second-order valence-corrected chi connectivity index (χ2v) is 6.38. The lowest BCUT2D eigenvalue weighted by molar-refractivity contribution is -0.134. The normalized spacial score (nSPS) is 24.8. The van der Waals surface area contributed by atoms with Crippen molar-refractivity contribution in [2.75, 3.05) is 33.3 Å². The Balaban J connectivity index is 1.96. The fraction of sp³-hybridized carbons (Fsp3) is 0.474. The van der Waals surface area contributed by atoms with E-state index in [1.807, 2.05) is 19.1 Å². The molecule has 1 aliphatic heterocycles. The zero-order chi connectivity index (χ0) is 19.3. The summed E-state index contributed by atoms with van der Waals surface area (Å²) in [6.07, 6.45) is 4.34. The van der Waals surface area contributed by atoms with Gasteiger partial charge in [0.05, 0.1) is 25.4 Å². The molecule has 0 aromatic carbocycles. The van der Waals surface area contributed by atoms with Crippen LogP contribution < -0.4 is 5.32 Å². The molecule has 2 rings (SSSR count). The van der Waals surface area contributed by atoms with Gasteiger partial charge in [-0.2, -0.15) is 5.26 Å². The fourth-order valence-electron chi connectivity index (χ4n) is 3.00. The SMILES string of the molecule is C=CC(O)N1CCN(C(=O)CNC2=CC(C)C(=C)C=C2OC)CC1C#N. The molecule has 0 aromatic heterocycles. The van der Waals surface area contributed by atoms with Gasteiger partial charge >= 0.3 is 0 Å². The summed E-state index contributed by atoms with van der Waals surface area (Å²) >= 11 is 0. The van der Waals surface area contributed by atoms with E-state index in [2.05, 4.69) is 24.5 Å². The van der Waals surface area contributed by atoms with Crippen molar-refractivity contribution in [2.24, 2.45) is 5.92 Å². The molecular weight excluding hydrogens is 332 g/mol. The Hall–Kier alpha value is -2.56. The number of nitrogens with one attached hydrogen (secondary N) is 1. The minimum atomic E-state index is -0.883. The highest BCUT2D eigenvalue weighted by Gasteiger charge is 2.32. The summed E-state index contributed by atoms with van der Waals surface area (Å²) in [6, 6.07) is 1.58. The zero-order valence-corrected chi connectivity index (χ0v) is 15.3. The average molecular weight is 358 g/mol. The van der Waals surface area contributed by atoms with Gasteiger partial charge in [-0.3, -0.25) is 9.69 Å². The molecule has 1 heterocycles. The summed E-state index contributed by atoms with van der Waals surface area (Å²) in [4.78, 5) is 15.8. The van der Waals surface area contributed by atoms with E-state index in [1.165, 1.54) is 6.08 Å². The highest BCUT2D eigenvalue weighted by molar-refractivity contribution is 5.79. The van der Waals surface area contributed by atoms with Gasteiger partial charge in [0.25, 0.3) is 0 Å². The number of nitriles is 1. The lowest BCUT2D eigenvalue weighted by atomic mass is 9.95. The van der Waals surface area contributed by atoms with Gasteiger partial charge in [0.15, 0.2) is 0 Å². The van der Waals surface area contributed by atoms with Gasteiger partial charge in [-0.25, -0.2) is 0 Å². The van der Waals surface area contributed by atoms with Crippen molar-refractivity contribution in [3.8, 4) is 6.07 Å². The van der Waals surface area contributed by atoms with Crippen LogP contribution in [-0.2, 0) is 9.53 Å². The first-order valence-corrected chi connectivity index (χ1v) is 8.55. The summed E-state index contributed by atoms with van der Waals surface area (Å²) in [6.45, 7) is 10.8. The maximum atomic E-state index is 12.5. The monoisotopic (exact) mass is 358 g/mol. The van der Waals surface area contributed by atoms with Gasteiger partial charge in [-0.15, -0.1) is 0 Å². The number of hydrogen-bond donors (Lipinski definition) is 2. The van der Waals surface area contributed by atoms with Crippen LogP contribution in [0.3, 0.4) is 0 Å². The van der Waals surface area contributed by atoms with E-state index in [9.17, 15) is 15.2 Å². The summed E-state index contributed by atoms with van der Waals surface area (Å²) < 4.78 is 5.35. The van der Waals surface area contributed by atoms with E-state index in [-0.39, 0.29) is 24.9 Å². The average Bonchev–Trinajstić information content (AvgIpc) is 2.66. The number of aliphatic hydroxyl groups excluding tert-OH is 1. The maximum absolute atomic E-state index is 12.5. The molecule has 2 aliphatic rings. The van der Waals surface area contributed by atoms with Gasteiger partial charge in [0, 0.05) is 25.6 Å². The minimum Gasteiger partial charge on any atom is -0.495 e. The Bertz CT molecular complexity index is 677. The van der Waals surface area contributed by atoms with Crippen LogP contribution in [0, 0.1) is 17.2 Å². The number of rotatable bonds is 6. The van der Waals surface area contributed by atoms with Crippen LogP contribution in [-0.4, -0.2) is 66.4 Å². The molecule has 3 unspecified atom stereocenters. The first kappa shape index (κ1) is 19.8. The molecule has 140 valence electrons. The number of hydrogen-bond acceptors (Lipinski definition) is 6. The third kappa shape index (κ3) is 4.34. The largest absolute Gasteiger partial charge is 0.495 e. The number of carbonyl (C=O) groups excluding carboxylic acids is 1. The van der Waals surface area contributed by atoms with Crippen molar-refractivity contribution >= 4 is 5.91 Å². The molecule has 1 saturated heterocycles. The van der Waals surface area contributed by atoms with Crippen LogP contribution in [0.25, 0.3) is 0 Å². The molecule has 0 bridgehead atoms. The Kier molecular flexibility index (Phi) is 6.61. The zero-order valence-electron chi connectivity index (χ0n) is 15.3. The minimum absolute atomic E-state index is 0.105. The topological polar surface area (TPSA) is 88.8 Å². The number of carbonyl (C=O) groups is 1. The van der Waals surface area contributed by atoms with Gasteiger partial charge < -0.3 is 20.1 Å². The first-order chi connectivity index (χ1) is 12.4. The van der Waals surface area contributed by atoms with Crippen molar-refractivity contribution < 1.29 is 14.6 Å². The summed E-state index contributed by atoms with van der Waals surface area (Å²) in [7, 11) is 1.58. The third-order valence-corrected chi connectivity index (χ3v) is 4.71. The molecule has 2 N–H and O–H groups in total. The lowest BCUT2D eigenvalue weighted by Crippen LogP contribution is -2.58. The number of piperazine rings is 1. The van der Waals surface area contributed by atoms with Crippen molar-refractivity contribution in [1.29, 1.82) is 5.26 Å². The number of methoxy groups -OCH3 is 1. The summed E-state index contributed by atoms with van der Waals surface area (Å²) in [5, 5.41) is 22.3. The number of allylic oxidation sites excluding steroid dienone is 3. The molecule has 7 nitrogen and oxygen atoms in total. The molecule has 0 saturated carbocycles. The highest BCUT2D eigenvalue weighted by atomic mass is 16.5. The van der Waals surface area contributed by atoms with Crippen LogP contribution in [0.4, 0.5) is 0 Å². The van der Waals surface area contributed by atoms with Crippen LogP contribution in [0.15, 0.2) is 48.4 Å². The smallest absolute Gasteiger partial charge is 0.242 e. The van der Waals surface area contributed by atoms with Crippen LogP contribution in [0.5, 0.6) is 0 Å². The molecule has 26 heavy (non-hydrogen) atoms. The summed E-state index contributed by atoms with van der Waals surface area (Å²) in [5.74, 6) is 0.708. The molecule has 1 aliphatic carbocycles. The van der Waals surface area contributed by atoms with Crippen molar-refractivity contribution in [1.82, 2.24) is 15.1 Å². The molecule has 7 heteroatoms. The molecular formula is C19H26N4O3. The van der Waals surface area contributed by atoms with Crippen LogP contribution in [0.2, 0.25) is 0 Å². The predicted molar refractivity (Wildman–Crippen MR) is 98.4 cm³/mol. The van der Waals surface area contributed by atoms with Gasteiger partial charge in [0.2, 0.25) is 5.91 Å².